The van der Waals surface area contributed by atoms with Gasteiger partial charge in [0.1, 0.15) is 0 Å². The van der Waals surface area contributed by atoms with Gasteiger partial charge in [-0.3, -0.25) is 4.79 Å². The van der Waals surface area contributed by atoms with Gasteiger partial charge in [-0.2, -0.15) is 5.26 Å². The molecule has 21 heavy (non-hydrogen) atoms. The van der Waals surface area contributed by atoms with Crippen LogP contribution < -0.4 is 5.73 Å². The third-order valence-electron chi connectivity index (χ3n) is 3.40. The maximum Gasteiger partial charge on any atom is 0.224 e. The van der Waals surface area contributed by atoms with Crippen molar-refractivity contribution in [2.75, 3.05) is 6.54 Å². The molecule has 0 fully saturated rings. The van der Waals surface area contributed by atoms with E-state index in [1.54, 1.807) is 12.1 Å². The van der Waals surface area contributed by atoms with Gasteiger partial charge in [0.2, 0.25) is 5.91 Å². The molecule has 1 rings (SSSR count). The van der Waals surface area contributed by atoms with Crippen LogP contribution in [0.5, 0.6) is 0 Å². The number of benzene rings is 1. The SMILES string of the molecule is CCCC(N)CC(=O)N(CCC)Cc1ccc(C#N)cc1. The van der Waals surface area contributed by atoms with Crippen molar-refractivity contribution in [2.24, 2.45) is 5.73 Å². The summed E-state index contributed by atoms with van der Waals surface area (Å²) in [5.41, 5.74) is 7.64. The summed E-state index contributed by atoms with van der Waals surface area (Å²) in [5.74, 6) is 0.113. The van der Waals surface area contributed by atoms with Gasteiger partial charge in [0, 0.05) is 25.6 Å². The van der Waals surface area contributed by atoms with E-state index in [0.29, 0.717) is 18.5 Å². The van der Waals surface area contributed by atoms with E-state index >= 15 is 0 Å². The maximum atomic E-state index is 12.3. The molecule has 0 saturated heterocycles. The molecule has 0 heterocycles. The lowest BCUT2D eigenvalue weighted by molar-refractivity contribution is -0.132. The molecule has 0 aliphatic carbocycles. The van der Waals surface area contributed by atoms with Crippen LogP contribution in [0.2, 0.25) is 0 Å². The minimum atomic E-state index is -0.0529. The summed E-state index contributed by atoms with van der Waals surface area (Å²) in [5, 5.41) is 8.80. The molecule has 1 aromatic rings. The van der Waals surface area contributed by atoms with E-state index in [1.165, 1.54) is 0 Å². The predicted octanol–water partition coefficient (Wildman–Crippen LogP) is 2.81. The number of hydrogen-bond acceptors (Lipinski definition) is 3. The van der Waals surface area contributed by atoms with Crippen LogP contribution in [0.4, 0.5) is 0 Å². The quantitative estimate of drug-likeness (QED) is 0.799. The highest BCUT2D eigenvalue weighted by Gasteiger charge is 2.16. The van der Waals surface area contributed by atoms with Crippen LogP contribution in [0, 0.1) is 11.3 Å². The van der Waals surface area contributed by atoms with Crippen LogP contribution in [0.1, 0.15) is 50.7 Å². The van der Waals surface area contributed by atoms with Crippen LogP contribution in [0.25, 0.3) is 0 Å². The van der Waals surface area contributed by atoms with E-state index in [4.69, 9.17) is 11.0 Å². The first-order valence-electron chi connectivity index (χ1n) is 7.63. The Kier molecular flexibility index (Phi) is 7.49. The molecular formula is C17H25N3O. The molecule has 4 heteroatoms. The highest BCUT2D eigenvalue weighted by molar-refractivity contribution is 5.76. The van der Waals surface area contributed by atoms with Crippen molar-refractivity contribution in [3.05, 3.63) is 35.4 Å². The molecule has 0 bridgehead atoms. The van der Waals surface area contributed by atoms with E-state index in [2.05, 4.69) is 19.9 Å². The van der Waals surface area contributed by atoms with Crippen molar-refractivity contribution in [3.8, 4) is 6.07 Å². The van der Waals surface area contributed by atoms with Gasteiger partial charge in [0.25, 0.3) is 0 Å². The van der Waals surface area contributed by atoms with Crippen molar-refractivity contribution in [1.29, 1.82) is 5.26 Å². The summed E-state index contributed by atoms with van der Waals surface area (Å²) in [4.78, 5) is 14.2. The Balaban J connectivity index is 2.67. The second-order valence-corrected chi connectivity index (χ2v) is 5.38. The Morgan fingerprint density at radius 2 is 1.95 bits per heavy atom. The fraction of sp³-hybridized carbons (Fsp3) is 0.529. The van der Waals surface area contributed by atoms with Gasteiger partial charge < -0.3 is 10.6 Å². The van der Waals surface area contributed by atoms with E-state index in [-0.39, 0.29) is 11.9 Å². The maximum absolute atomic E-state index is 12.3. The molecule has 1 amide bonds. The highest BCUT2D eigenvalue weighted by atomic mass is 16.2. The van der Waals surface area contributed by atoms with Crippen molar-refractivity contribution in [1.82, 2.24) is 4.90 Å². The molecule has 1 atom stereocenters. The molecule has 0 spiro atoms. The topological polar surface area (TPSA) is 70.1 Å². The number of nitrogens with two attached hydrogens (primary N) is 1. The Hall–Kier alpha value is -1.86. The molecule has 0 aliphatic rings. The number of rotatable bonds is 8. The van der Waals surface area contributed by atoms with Gasteiger partial charge in [0.15, 0.2) is 0 Å². The summed E-state index contributed by atoms with van der Waals surface area (Å²) in [6, 6.07) is 9.42. The van der Waals surface area contributed by atoms with Crippen molar-refractivity contribution < 1.29 is 4.79 Å². The van der Waals surface area contributed by atoms with E-state index in [0.717, 1.165) is 31.4 Å². The molecular weight excluding hydrogens is 262 g/mol. The van der Waals surface area contributed by atoms with Crippen molar-refractivity contribution in [2.45, 2.75) is 52.1 Å². The normalized spacial score (nSPS) is 11.7. The lowest BCUT2D eigenvalue weighted by atomic mass is 10.1. The molecule has 0 saturated carbocycles. The summed E-state index contributed by atoms with van der Waals surface area (Å²) in [7, 11) is 0. The second-order valence-electron chi connectivity index (χ2n) is 5.38. The van der Waals surface area contributed by atoms with E-state index in [9.17, 15) is 4.79 Å². The predicted molar refractivity (Wildman–Crippen MR) is 84.4 cm³/mol. The number of nitriles is 1. The monoisotopic (exact) mass is 287 g/mol. The first-order valence-corrected chi connectivity index (χ1v) is 7.63. The minimum absolute atomic E-state index is 0.0529. The molecule has 1 unspecified atom stereocenters. The van der Waals surface area contributed by atoms with Gasteiger partial charge in [0.05, 0.1) is 11.6 Å². The van der Waals surface area contributed by atoms with Gasteiger partial charge >= 0.3 is 0 Å². The Labute approximate surface area is 127 Å². The standard InChI is InChI=1S/C17H25N3O/c1-3-5-16(19)11-17(21)20(10-4-2)13-15-8-6-14(12-18)7-9-15/h6-9,16H,3-5,10-11,13,19H2,1-2H3. The van der Waals surface area contributed by atoms with Crippen molar-refractivity contribution in [3.63, 3.8) is 0 Å². The van der Waals surface area contributed by atoms with Crippen LogP contribution in [-0.2, 0) is 11.3 Å². The summed E-state index contributed by atoms with van der Waals surface area (Å²) >= 11 is 0. The molecule has 2 N–H and O–H groups in total. The summed E-state index contributed by atoms with van der Waals surface area (Å²) in [6.07, 6.45) is 3.20. The molecule has 1 aromatic carbocycles. The smallest absolute Gasteiger partial charge is 0.224 e. The zero-order valence-electron chi connectivity index (χ0n) is 13.0. The number of hydrogen-bond donors (Lipinski definition) is 1. The highest BCUT2D eigenvalue weighted by Crippen LogP contribution is 2.10. The second kappa shape index (κ2) is 9.15. The van der Waals surface area contributed by atoms with Gasteiger partial charge in [-0.25, -0.2) is 0 Å². The number of nitrogens with zero attached hydrogens (tertiary/aromatic N) is 2. The fourth-order valence-corrected chi connectivity index (χ4v) is 2.29. The van der Waals surface area contributed by atoms with Crippen LogP contribution >= 0.6 is 0 Å². The van der Waals surface area contributed by atoms with Crippen LogP contribution in [0.15, 0.2) is 24.3 Å². The minimum Gasteiger partial charge on any atom is -0.338 e. The first-order chi connectivity index (χ1) is 10.1. The Bertz CT molecular complexity index is 476. The Morgan fingerprint density at radius 3 is 2.48 bits per heavy atom. The van der Waals surface area contributed by atoms with Crippen molar-refractivity contribution >= 4 is 5.91 Å². The molecule has 0 radical (unpaired) electrons. The zero-order valence-corrected chi connectivity index (χ0v) is 13.0. The van der Waals surface area contributed by atoms with Crippen LogP contribution in [0.3, 0.4) is 0 Å². The van der Waals surface area contributed by atoms with Gasteiger partial charge in [-0.15, -0.1) is 0 Å². The lowest BCUT2D eigenvalue weighted by Crippen LogP contribution is -2.36. The molecule has 0 aromatic heterocycles. The third-order valence-corrected chi connectivity index (χ3v) is 3.40. The first kappa shape index (κ1) is 17.2. The molecule has 4 nitrogen and oxygen atoms in total. The third kappa shape index (κ3) is 5.97. The van der Waals surface area contributed by atoms with Crippen LogP contribution in [-0.4, -0.2) is 23.4 Å². The molecule has 0 aliphatic heterocycles. The van der Waals surface area contributed by atoms with E-state index in [1.807, 2.05) is 17.0 Å². The summed E-state index contributed by atoms with van der Waals surface area (Å²) < 4.78 is 0. The number of carbonyl (C=O) groups is 1. The average molecular weight is 287 g/mol. The number of carbonyl (C=O) groups excluding carboxylic acids is 1. The number of amides is 1. The lowest BCUT2D eigenvalue weighted by Gasteiger charge is -2.24. The molecule has 114 valence electrons. The van der Waals surface area contributed by atoms with Gasteiger partial charge in [-0.05, 0) is 30.5 Å². The largest absolute Gasteiger partial charge is 0.338 e. The average Bonchev–Trinajstić information content (AvgIpc) is 2.47. The Morgan fingerprint density at radius 1 is 1.29 bits per heavy atom. The van der Waals surface area contributed by atoms with E-state index < -0.39 is 0 Å². The summed E-state index contributed by atoms with van der Waals surface area (Å²) in [6.45, 7) is 5.45. The zero-order chi connectivity index (χ0) is 15.7. The van der Waals surface area contributed by atoms with Gasteiger partial charge in [-0.1, -0.05) is 32.4 Å². The fourth-order valence-electron chi connectivity index (χ4n) is 2.29.